The normalized spacial score (nSPS) is 13.8. The number of hydrogen-bond acceptors (Lipinski definition) is 15. The van der Waals surface area contributed by atoms with Crippen LogP contribution in [-0.4, -0.2) is 96.7 Å². The van der Waals surface area contributed by atoms with E-state index in [1.807, 2.05) is 0 Å². The molecule has 17 nitrogen and oxygen atoms in total. The van der Waals surface area contributed by atoms with E-state index in [0.717, 1.165) is 102 Å². The van der Waals surface area contributed by atoms with Gasteiger partial charge < -0.3 is 33.8 Å². The molecule has 0 amide bonds. The first-order valence-electron chi connectivity index (χ1n) is 46.5. The van der Waals surface area contributed by atoms with Crippen molar-refractivity contribution in [1.29, 1.82) is 0 Å². The molecule has 2 unspecified atom stereocenters. The van der Waals surface area contributed by atoms with Gasteiger partial charge in [-0.1, -0.05) is 433 Å². The molecule has 0 aliphatic rings. The van der Waals surface area contributed by atoms with Gasteiger partial charge in [0.15, 0.2) is 12.2 Å². The van der Waals surface area contributed by atoms with E-state index >= 15 is 0 Å². The number of esters is 4. The molecule has 0 spiro atoms. The molecule has 0 bridgehead atoms. The van der Waals surface area contributed by atoms with Gasteiger partial charge >= 0.3 is 39.5 Å². The Morgan fingerprint density at radius 2 is 0.422 bits per heavy atom. The van der Waals surface area contributed by atoms with E-state index in [9.17, 15) is 43.2 Å². The van der Waals surface area contributed by atoms with Crippen LogP contribution in [0, 0.1) is 11.8 Å². The highest BCUT2D eigenvalue weighted by molar-refractivity contribution is 7.47. The predicted octanol–water partition coefficient (Wildman–Crippen LogP) is 27.8. The molecule has 0 saturated heterocycles. The van der Waals surface area contributed by atoms with Crippen LogP contribution in [0.4, 0.5) is 0 Å². The van der Waals surface area contributed by atoms with Crippen molar-refractivity contribution < 1.29 is 80.2 Å². The average Bonchev–Trinajstić information content (AvgIpc) is 0.894. The quantitative estimate of drug-likeness (QED) is 0.0222. The molecule has 109 heavy (non-hydrogen) atoms. The van der Waals surface area contributed by atoms with Gasteiger partial charge in [0, 0.05) is 25.7 Å². The van der Waals surface area contributed by atoms with Gasteiger partial charge in [-0.05, 0) is 37.5 Å². The Labute approximate surface area is 670 Å². The Morgan fingerprint density at radius 1 is 0.248 bits per heavy atom. The standard InChI is InChI=1S/C90H176O17P2/c1-7-9-11-13-15-17-19-21-22-23-24-25-26-33-38-44-50-56-62-68-74-89(94)107-86(79-101-88(93)73-67-61-55-49-43-37-32-28-27-30-35-40-46-52-58-64-70-82(3)4)81-105-109(98,99)103-77-84(91)76-102-108(96,97)104-80-85(78-100-87(92)72-66-60-54-48-42-20-18-16-14-12-10-8-2)106-90(95)75-69-63-57-51-45-39-34-29-31-36-41-47-53-59-65-71-83(5)6/h82-86,91H,7-81H2,1-6H3,(H,96,97)(H,98,99)/t84-,85+,86+/m0/s1. The molecule has 648 valence electrons. The van der Waals surface area contributed by atoms with Crippen LogP contribution in [0.2, 0.25) is 0 Å². The molecule has 0 aliphatic heterocycles. The molecule has 0 radical (unpaired) electrons. The molecule has 0 aromatic carbocycles. The van der Waals surface area contributed by atoms with E-state index in [1.165, 1.54) is 302 Å². The predicted molar refractivity (Wildman–Crippen MR) is 451 cm³/mol. The largest absolute Gasteiger partial charge is 0.472 e. The summed E-state index contributed by atoms with van der Waals surface area (Å²) in [5.41, 5.74) is 0. The molecule has 19 heteroatoms. The molecule has 0 heterocycles. The van der Waals surface area contributed by atoms with E-state index in [-0.39, 0.29) is 25.7 Å². The zero-order valence-corrected chi connectivity index (χ0v) is 73.7. The minimum Gasteiger partial charge on any atom is -0.462 e. The summed E-state index contributed by atoms with van der Waals surface area (Å²) in [6, 6.07) is 0. The molecular formula is C90H176O17P2. The topological polar surface area (TPSA) is 237 Å². The molecule has 3 N–H and O–H groups in total. The van der Waals surface area contributed by atoms with Crippen LogP contribution in [0.3, 0.4) is 0 Å². The molecule has 0 saturated carbocycles. The first kappa shape index (κ1) is 107. The Bertz CT molecular complexity index is 2080. The maximum atomic E-state index is 13.2. The number of unbranched alkanes of at least 4 members (excludes halogenated alkanes) is 59. The Hall–Kier alpha value is -1.94. The highest BCUT2D eigenvalue weighted by Crippen LogP contribution is 2.45. The second-order valence-electron chi connectivity index (χ2n) is 33.3. The van der Waals surface area contributed by atoms with Gasteiger partial charge in [-0.3, -0.25) is 37.3 Å². The van der Waals surface area contributed by atoms with Crippen molar-refractivity contribution in [3.8, 4) is 0 Å². The summed E-state index contributed by atoms with van der Waals surface area (Å²) in [6.07, 6.45) is 74.9. The van der Waals surface area contributed by atoms with Crippen molar-refractivity contribution in [2.24, 2.45) is 11.8 Å². The Morgan fingerprint density at radius 3 is 0.624 bits per heavy atom. The lowest BCUT2D eigenvalue weighted by Crippen LogP contribution is -2.30. The molecule has 5 atom stereocenters. The minimum atomic E-state index is -4.97. The molecule has 0 fully saturated rings. The summed E-state index contributed by atoms with van der Waals surface area (Å²) in [6.45, 7) is 9.76. The van der Waals surface area contributed by atoms with Gasteiger partial charge in [0.05, 0.1) is 26.4 Å². The number of phosphoric acid groups is 2. The third-order valence-corrected chi connectivity index (χ3v) is 23.1. The molecule has 0 aliphatic carbocycles. The van der Waals surface area contributed by atoms with Crippen molar-refractivity contribution in [2.75, 3.05) is 39.6 Å². The van der Waals surface area contributed by atoms with Crippen LogP contribution >= 0.6 is 15.6 Å². The second-order valence-corrected chi connectivity index (χ2v) is 36.2. The summed E-state index contributed by atoms with van der Waals surface area (Å²) < 4.78 is 69.1. The fraction of sp³-hybridized carbons (Fsp3) is 0.956. The summed E-state index contributed by atoms with van der Waals surface area (Å²) >= 11 is 0. The SMILES string of the molecule is CCCCCCCCCCCCCCCCCCCCCCC(=O)O[C@H](COC(=O)CCCCCCCCCCCCCCCCCCC(C)C)COP(=O)(O)OC[C@@H](O)COP(=O)(O)OC[C@@H](COC(=O)CCCCCCCCCCCCCC)OC(=O)CCCCCCCCCCCCCCCCCC(C)C. The smallest absolute Gasteiger partial charge is 0.462 e. The van der Waals surface area contributed by atoms with Crippen LogP contribution in [-0.2, 0) is 65.4 Å². The van der Waals surface area contributed by atoms with E-state index in [4.69, 9.17) is 37.0 Å². The van der Waals surface area contributed by atoms with Crippen molar-refractivity contribution in [3.05, 3.63) is 0 Å². The van der Waals surface area contributed by atoms with E-state index in [1.54, 1.807) is 0 Å². The number of carbonyl (C=O) groups is 4. The molecular weight excluding hydrogens is 1410 g/mol. The number of ether oxygens (including phenoxy) is 4. The Balaban J connectivity index is 5.25. The van der Waals surface area contributed by atoms with Crippen molar-refractivity contribution in [1.82, 2.24) is 0 Å². The lowest BCUT2D eigenvalue weighted by molar-refractivity contribution is -0.161. The zero-order chi connectivity index (χ0) is 79.9. The van der Waals surface area contributed by atoms with Crippen molar-refractivity contribution in [3.63, 3.8) is 0 Å². The third-order valence-electron chi connectivity index (χ3n) is 21.2. The summed E-state index contributed by atoms with van der Waals surface area (Å²) in [4.78, 5) is 73.4. The Kier molecular flexibility index (Phi) is 79.8. The second kappa shape index (κ2) is 81.2. The average molecular weight is 1590 g/mol. The number of aliphatic hydroxyl groups excluding tert-OH is 1. The van der Waals surface area contributed by atoms with E-state index < -0.39 is 97.5 Å². The summed E-state index contributed by atoms with van der Waals surface area (Å²) in [5.74, 6) is -0.480. The first-order valence-corrected chi connectivity index (χ1v) is 49.5. The number of hydrogen-bond donors (Lipinski definition) is 3. The van der Waals surface area contributed by atoms with Crippen molar-refractivity contribution in [2.45, 2.75) is 503 Å². The summed E-state index contributed by atoms with van der Waals surface area (Å²) in [5, 5.41) is 10.7. The van der Waals surface area contributed by atoms with Gasteiger partial charge in [0.25, 0.3) is 0 Å². The molecule has 0 rings (SSSR count). The van der Waals surface area contributed by atoms with Gasteiger partial charge in [-0.15, -0.1) is 0 Å². The molecule has 0 aromatic rings. The lowest BCUT2D eigenvalue weighted by atomic mass is 10.0. The van der Waals surface area contributed by atoms with Gasteiger partial charge in [-0.25, -0.2) is 9.13 Å². The fourth-order valence-corrected chi connectivity index (χ4v) is 15.7. The maximum absolute atomic E-state index is 13.2. The van der Waals surface area contributed by atoms with Gasteiger partial charge in [0.2, 0.25) is 0 Å². The highest BCUT2D eigenvalue weighted by Gasteiger charge is 2.31. The van der Waals surface area contributed by atoms with Crippen LogP contribution in [0.1, 0.15) is 485 Å². The number of phosphoric ester groups is 2. The third kappa shape index (κ3) is 83.8. The number of rotatable bonds is 89. The van der Waals surface area contributed by atoms with Gasteiger partial charge in [-0.2, -0.15) is 0 Å². The number of aliphatic hydroxyl groups is 1. The lowest BCUT2D eigenvalue weighted by Gasteiger charge is -2.21. The minimum absolute atomic E-state index is 0.108. The van der Waals surface area contributed by atoms with E-state index in [2.05, 4.69) is 41.5 Å². The van der Waals surface area contributed by atoms with Crippen molar-refractivity contribution >= 4 is 39.5 Å². The fourth-order valence-electron chi connectivity index (χ4n) is 14.1. The maximum Gasteiger partial charge on any atom is 0.472 e. The van der Waals surface area contributed by atoms with Crippen LogP contribution in [0.25, 0.3) is 0 Å². The van der Waals surface area contributed by atoms with Crippen LogP contribution < -0.4 is 0 Å². The van der Waals surface area contributed by atoms with Crippen LogP contribution in [0.5, 0.6) is 0 Å². The van der Waals surface area contributed by atoms with Gasteiger partial charge in [0.1, 0.15) is 19.3 Å². The monoisotopic (exact) mass is 1590 g/mol. The van der Waals surface area contributed by atoms with E-state index in [0.29, 0.717) is 25.7 Å². The highest BCUT2D eigenvalue weighted by atomic mass is 31.2. The molecule has 0 aromatic heterocycles. The first-order chi connectivity index (χ1) is 52.9. The zero-order valence-electron chi connectivity index (χ0n) is 71.9. The van der Waals surface area contributed by atoms with Crippen LogP contribution in [0.15, 0.2) is 0 Å². The summed E-state index contributed by atoms with van der Waals surface area (Å²) in [7, 11) is -9.93. The number of carbonyl (C=O) groups excluding carboxylic acids is 4.